The monoisotopic (exact) mass is 379 g/mol. The van der Waals surface area contributed by atoms with Crippen LogP contribution in [-0.2, 0) is 20.9 Å². The number of ether oxygens (including phenoxy) is 2. The Kier molecular flexibility index (Phi) is 7.16. The molecule has 0 aliphatic carbocycles. The molecule has 1 aromatic rings. The number of benzene rings is 1. The standard InChI is InChI=1S/C17H21N3O5S/c1-10(2)25-13-5-4-11(6-12(13)9-24-3)8-18-20-17-19-16(23)14(26-17)7-15(21)22/h4-6,8,10,14H,7,9H2,1-3H3,(H,21,22)(H,19,20,23). The predicted octanol–water partition coefficient (Wildman–Crippen LogP) is 2.02. The zero-order chi connectivity index (χ0) is 19.1. The molecule has 9 heteroatoms. The van der Waals surface area contributed by atoms with E-state index in [9.17, 15) is 9.59 Å². The Morgan fingerprint density at radius 2 is 2.23 bits per heavy atom. The van der Waals surface area contributed by atoms with Gasteiger partial charge in [0.1, 0.15) is 11.0 Å². The molecule has 26 heavy (non-hydrogen) atoms. The normalized spacial score (nSPS) is 18.7. The van der Waals surface area contributed by atoms with Crippen molar-refractivity contribution >= 4 is 35.0 Å². The summed E-state index contributed by atoms with van der Waals surface area (Å²) >= 11 is 1.06. The van der Waals surface area contributed by atoms with Crippen LogP contribution in [0.5, 0.6) is 5.75 Å². The lowest BCUT2D eigenvalue weighted by Crippen LogP contribution is -2.26. The minimum absolute atomic E-state index is 0.0540. The number of hydrogen-bond donors (Lipinski definition) is 2. The average Bonchev–Trinajstić information content (AvgIpc) is 2.89. The summed E-state index contributed by atoms with van der Waals surface area (Å²) in [6.07, 6.45) is 1.35. The lowest BCUT2D eigenvalue weighted by Gasteiger charge is -2.14. The highest BCUT2D eigenvalue weighted by Gasteiger charge is 2.32. The molecule has 0 aromatic heterocycles. The number of rotatable bonds is 8. The van der Waals surface area contributed by atoms with Crippen molar-refractivity contribution in [1.82, 2.24) is 5.32 Å². The number of amidine groups is 1. The number of nitrogens with one attached hydrogen (secondary N) is 1. The van der Waals surface area contributed by atoms with Crippen molar-refractivity contribution in [3.05, 3.63) is 29.3 Å². The Morgan fingerprint density at radius 1 is 1.46 bits per heavy atom. The molecule has 1 unspecified atom stereocenters. The van der Waals surface area contributed by atoms with E-state index in [2.05, 4.69) is 15.5 Å². The van der Waals surface area contributed by atoms with Crippen LogP contribution < -0.4 is 10.1 Å². The van der Waals surface area contributed by atoms with E-state index >= 15 is 0 Å². The number of nitrogens with zero attached hydrogens (tertiary/aromatic N) is 2. The number of hydrogen-bond acceptors (Lipinski definition) is 7. The van der Waals surface area contributed by atoms with E-state index in [1.807, 2.05) is 32.0 Å². The molecule has 1 atom stereocenters. The van der Waals surface area contributed by atoms with Crippen molar-refractivity contribution in [2.24, 2.45) is 10.2 Å². The molecule has 1 saturated heterocycles. The van der Waals surface area contributed by atoms with E-state index in [-0.39, 0.29) is 23.6 Å². The van der Waals surface area contributed by atoms with E-state index in [1.165, 1.54) is 0 Å². The van der Waals surface area contributed by atoms with E-state index in [1.54, 1.807) is 13.3 Å². The molecule has 2 rings (SSSR count). The van der Waals surface area contributed by atoms with Crippen LogP contribution in [0.4, 0.5) is 0 Å². The molecule has 140 valence electrons. The molecular formula is C17H21N3O5S. The highest BCUT2D eigenvalue weighted by molar-refractivity contribution is 8.15. The molecular weight excluding hydrogens is 358 g/mol. The summed E-state index contributed by atoms with van der Waals surface area (Å²) < 4.78 is 10.9. The highest BCUT2D eigenvalue weighted by atomic mass is 32.2. The summed E-state index contributed by atoms with van der Waals surface area (Å²) in [5.41, 5.74) is 1.69. The second-order valence-corrected chi connectivity index (χ2v) is 7.00. The minimum Gasteiger partial charge on any atom is -0.491 e. The summed E-state index contributed by atoms with van der Waals surface area (Å²) in [4.78, 5) is 22.3. The minimum atomic E-state index is -1.03. The number of carboxylic acids is 1. The van der Waals surface area contributed by atoms with E-state index in [4.69, 9.17) is 14.6 Å². The predicted molar refractivity (Wildman–Crippen MR) is 99.7 cm³/mol. The van der Waals surface area contributed by atoms with Crippen molar-refractivity contribution in [1.29, 1.82) is 0 Å². The molecule has 1 aliphatic rings. The van der Waals surface area contributed by atoms with Crippen molar-refractivity contribution < 1.29 is 24.2 Å². The van der Waals surface area contributed by atoms with Crippen LogP contribution >= 0.6 is 11.8 Å². The Hall–Kier alpha value is -2.39. The Labute approximate surface area is 155 Å². The fraction of sp³-hybridized carbons (Fsp3) is 0.412. The maximum absolute atomic E-state index is 11.6. The number of carbonyl (C=O) groups excluding carboxylic acids is 1. The van der Waals surface area contributed by atoms with Gasteiger partial charge >= 0.3 is 5.97 Å². The van der Waals surface area contributed by atoms with E-state index in [0.717, 1.165) is 28.6 Å². The molecule has 8 nitrogen and oxygen atoms in total. The summed E-state index contributed by atoms with van der Waals surface area (Å²) in [5, 5.41) is 18.8. The molecule has 2 N–H and O–H groups in total. The first-order valence-corrected chi connectivity index (χ1v) is 8.86. The van der Waals surface area contributed by atoms with Crippen LogP contribution in [0.2, 0.25) is 0 Å². The molecule has 0 bridgehead atoms. The van der Waals surface area contributed by atoms with Gasteiger partial charge in [0.2, 0.25) is 5.91 Å². The zero-order valence-corrected chi connectivity index (χ0v) is 15.6. The van der Waals surface area contributed by atoms with Gasteiger partial charge in [-0.25, -0.2) is 0 Å². The number of amides is 1. The van der Waals surface area contributed by atoms with Gasteiger partial charge < -0.3 is 19.9 Å². The van der Waals surface area contributed by atoms with Gasteiger partial charge in [0, 0.05) is 12.7 Å². The average molecular weight is 379 g/mol. The van der Waals surface area contributed by atoms with Crippen LogP contribution in [0, 0.1) is 0 Å². The third-order valence-electron chi connectivity index (χ3n) is 3.24. The third kappa shape index (κ3) is 5.85. The Morgan fingerprint density at radius 3 is 2.88 bits per heavy atom. The van der Waals surface area contributed by atoms with Gasteiger partial charge in [0.05, 0.1) is 25.3 Å². The molecule has 0 radical (unpaired) electrons. The number of methoxy groups -OCH3 is 1. The second kappa shape index (κ2) is 9.35. The van der Waals surface area contributed by atoms with Gasteiger partial charge in [0.15, 0.2) is 5.17 Å². The van der Waals surface area contributed by atoms with Gasteiger partial charge in [-0.2, -0.15) is 5.10 Å². The van der Waals surface area contributed by atoms with Crippen molar-refractivity contribution in [3.8, 4) is 5.75 Å². The van der Waals surface area contributed by atoms with Crippen LogP contribution in [0.1, 0.15) is 31.4 Å². The lowest BCUT2D eigenvalue weighted by atomic mass is 10.1. The maximum Gasteiger partial charge on any atom is 0.305 e. The third-order valence-corrected chi connectivity index (χ3v) is 4.31. The van der Waals surface area contributed by atoms with Crippen molar-refractivity contribution in [2.45, 2.75) is 38.2 Å². The van der Waals surface area contributed by atoms with Crippen LogP contribution in [0.3, 0.4) is 0 Å². The summed E-state index contributed by atoms with van der Waals surface area (Å²) in [5.74, 6) is -0.652. The lowest BCUT2D eigenvalue weighted by molar-refractivity contribution is -0.138. The summed E-state index contributed by atoms with van der Waals surface area (Å²) in [6.45, 7) is 4.31. The van der Waals surface area contributed by atoms with Crippen LogP contribution in [-0.4, -0.2) is 46.8 Å². The summed E-state index contributed by atoms with van der Waals surface area (Å²) in [7, 11) is 1.61. The smallest absolute Gasteiger partial charge is 0.305 e. The van der Waals surface area contributed by atoms with Crippen molar-refractivity contribution in [2.75, 3.05) is 7.11 Å². The molecule has 0 spiro atoms. The number of thioether (sulfide) groups is 1. The van der Waals surface area contributed by atoms with E-state index < -0.39 is 11.2 Å². The fourth-order valence-electron chi connectivity index (χ4n) is 2.21. The first-order valence-electron chi connectivity index (χ1n) is 7.98. The van der Waals surface area contributed by atoms with Crippen molar-refractivity contribution in [3.63, 3.8) is 0 Å². The second-order valence-electron chi connectivity index (χ2n) is 5.81. The molecule has 1 aromatic carbocycles. The number of carboxylic acid groups (broad SMARTS) is 1. The topological polar surface area (TPSA) is 110 Å². The Bertz CT molecular complexity index is 733. The van der Waals surface area contributed by atoms with Gasteiger partial charge in [-0.05, 0) is 37.6 Å². The molecule has 1 aliphatic heterocycles. The number of carbonyl (C=O) groups is 2. The first-order chi connectivity index (χ1) is 12.4. The zero-order valence-electron chi connectivity index (χ0n) is 14.8. The van der Waals surface area contributed by atoms with Gasteiger partial charge in [-0.15, -0.1) is 5.10 Å². The molecule has 1 fully saturated rings. The van der Waals surface area contributed by atoms with Crippen LogP contribution in [0.25, 0.3) is 0 Å². The number of aliphatic carboxylic acids is 1. The molecule has 0 saturated carbocycles. The SMILES string of the molecule is COCc1cc(C=NN=C2NC(=O)C(CC(=O)O)S2)ccc1OC(C)C. The quantitative estimate of drug-likeness (QED) is 0.528. The molecule has 1 heterocycles. The first kappa shape index (κ1) is 19.9. The fourth-order valence-corrected chi connectivity index (χ4v) is 3.13. The Balaban J connectivity index is 2.07. The van der Waals surface area contributed by atoms with E-state index in [0.29, 0.717) is 6.61 Å². The highest BCUT2D eigenvalue weighted by Crippen LogP contribution is 2.23. The van der Waals surface area contributed by atoms with Gasteiger partial charge in [-0.3, -0.25) is 9.59 Å². The van der Waals surface area contributed by atoms with Crippen LogP contribution in [0.15, 0.2) is 28.4 Å². The van der Waals surface area contributed by atoms with Gasteiger partial charge in [0.25, 0.3) is 0 Å². The largest absolute Gasteiger partial charge is 0.491 e. The maximum atomic E-state index is 11.6. The molecule has 1 amide bonds. The van der Waals surface area contributed by atoms with Gasteiger partial charge in [-0.1, -0.05) is 11.8 Å². The summed E-state index contributed by atoms with van der Waals surface area (Å²) in [6, 6.07) is 5.57.